The van der Waals surface area contributed by atoms with Crippen LogP contribution in [0.1, 0.15) is 28.8 Å². The zero-order valence-corrected chi connectivity index (χ0v) is 15.7. The third kappa shape index (κ3) is 4.00. The number of carbonyl (C=O) groups is 2. The Balaban J connectivity index is 1.46. The van der Waals surface area contributed by atoms with Crippen molar-refractivity contribution < 1.29 is 27.8 Å². The summed E-state index contributed by atoms with van der Waals surface area (Å²) in [6.07, 6.45) is 0.0997. The molecular formula is C22H21F2NO4. The predicted octanol–water partition coefficient (Wildman–Crippen LogP) is 3.96. The van der Waals surface area contributed by atoms with Gasteiger partial charge in [0.05, 0.1) is 30.9 Å². The summed E-state index contributed by atoms with van der Waals surface area (Å²) in [7, 11) is 0. The van der Waals surface area contributed by atoms with Crippen LogP contribution in [-0.2, 0) is 16.1 Å². The number of amides is 1. The van der Waals surface area contributed by atoms with Gasteiger partial charge in [-0.1, -0.05) is 36.4 Å². The van der Waals surface area contributed by atoms with Gasteiger partial charge in [-0.3, -0.25) is 9.69 Å². The largest absolute Gasteiger partial charge is 0.445 e. The smallest absolute Gasteiger partial charge is 0.410 e. The summed E-state index contributed by atoms with van der Waals surface area (Å²) in [6.45, 7) is 0.681. The molecule has 0 spiro atoms. The Morgan fingerprint density at radius 3 is 2.21 bits per heavy atom. The molecule has 0 N–H and O–H groups in total. The van der Waals surface area contributed by atoms with Crippen LogP contribution in [0.2, 0.25) is 0 Å². The molecule has 2 unspecified atom stereocenters. The summed E-state index contributed by atoms with van der Waals surface area (Å²) in [5.74, 6) is -2.85. The normalized spacial score (nSPS) is 23.5. The molecule has 29 heavy (non-hydrogen) atoms. The molecule has 2 aromatic rings. The maximum atomic E-state index is 14.0. The van der Waals surface area contributed by atoms with Gasteiger partial charge in [-0.25, -0.2) is 13.6 Å². The van der Waals surface area contributed by atoms with Crippen LogP contribution in [0.15, 0.2) is 48.5 Å². The van der Waals surface area contributed by atoms with Crippen LogP contribution in [0.4, 0.5) is 13.6 Å². The van der Waals surface area contributed by atoms with Crippen molar-refractivity contribution in [3.05, 3.63) is 71.3 Å². The fraction of sp³-hybridized carbons (Fsp3) is 0.364. The van der Waals surface area contributed by atoms with Gasteiger partial charge in [0.25, 0.3) is 0 Å². The number of fused-ring (bicyclic) bond motifs is 2. The minimum atomic E-state index is -0.860. The van der Waals surface area contributed by atoms with E-state index in [9.17, 15) is 18.4 Å². The van der Waals surface area contributed by atoms with Crippen LogP contribution in [0.25, 0.3) is 0 Å². The van der Waals surface area contributed by atoms with Gasteiger partial charge in [-0.15, -0.1) is 0 Å². The number of carbonyl (C=O) groups excluding carboxylic acids is 2. The fourth-order valence-corrected chi connectivity index (χ4v) is 4.16. The van der Waals surface area contributed by atoms with Gasteiger partial charge < -0.3 is 9.47 Å². The Labute approximate surface area is 167 Å². The lowest BCUT2D eigenvalue weighted by atomic mass is 9.80. The first-order valence-corrected chi connectivity index (χ1v) is 9.59. The molecule has 7 heteroatoms. The molecule has 5 nitrogen and oxygen atoms in total. The Kier molecular flexibility index (Phi) is 5.58. The number of benzene rings is 2. The van der Waals surface area contributed by atoms with Crippen LogP contribution >= 0.6 is 0 Å². The lowest BCUT2D eigenvalue weighted by molar-refractivity contribution is -0.0756. The second kappa shape index (κ2) is 8.29. The average molecular weight is 401 g/mol. The molecule has 1 amide bonds. The molecule has 2 fully saturated rings. The molecule has 2 aliphatic heterocycles. The van der Waals surface area contributed by atoms with Gasteiger partial charge in [0.2, 0.25) is 0 Å². The Morgan fingerprint density at radius 1 is 0.966 bits per heavy atom. The second-order valence-electron chi connectivity index (χ2n) is 7.42. The highest BCUT2D eigenvalue weighted by atomic mass is 19.1. The maximum Gasteiger partial charge on any atom is 0.410 e. The van der Waals surface area contributed by atoms with E-state index in [2.05, 4.69) is 0 Å². The molecule has 2 aromatic carbocycles. The molecule has 0 aromatic heterocycles. The summed E-state index contributed by atoms with van der Waals surface area (Å²) in [6, 6.07) is 12.0. The van der Waals surface area contributed by atoms with E-state index < -0.39 is 35.0 Å². The SMILES string of the molecule is O=C(c1c(F)cccc1F)C1CC2COCC(C1)N2C(=O)OCc1ccccc1. The lowest BCUT2D eigenvalue weighted by Crippen LogP contribution is -2.60. The first kappa shape index (κ1) is 19.5. The van der Waals surface area contributed by atoms with Crippen LogP contribution < -0.4 is 0 Å². The predicted molar refractivity (Wildman–Crippen MR) is 100 cm³/mol. The van der Waals surface area contributed by atoms with Gasteiger partial charge >= 0.3 is 6.09 Å². The monoisotopic (exact) mass is 401 g/mol. The molecule has 0 saturated carbocycles. The maximum absolute atomic E-state index is 14.0. The minimum absolute atomic E-state index is 0.152. The molecule has 2 atom stereocenters. The number of ketones is 1. The third-order valence-corrected chi connectivity index (χ3v) is 5.52. The first-order chi connectivity index (χ1) is 14.0. The van der Waals surface area contributed by atoms with Gasteiger partial charge in [-0.2, -0.15) is 0 Å². The Morgan fingerprint density at radius 2 is 1.59 bits per heavy atom. The number of ether oxygens (including phenoxy) is 2. The van der Waals surface area contributed by atoms with Crippen molar-refractivity contribution in [3.8, 4) is 0 Å². The number of Topliss-reactive ketones (excluding diaryl/α,β-unsaturated/α-hetero) is 1. The molecule has 0 aliphatic carbocycles. The summed E-state index contributed by atoms with van der Waals surface area (Å²) >= 11 is 0. The van der Waals surface area contributed by atoms with Gasteiger partial charge in [0, 0.05) is 5.92 Å². The molecule has 2 aliphatic rings. The molecular weight excluding hydrogens is 380 g/mol. The fourth-order valence-electron chi connectivity index (χ4n) is 4.16. The van der Waals surface area contributed by atoms with E-state index in [1.807, 2.05) is 30.3 Å². The van der Waals surface area contributed by atoms with E-state index >= 15 is 0 Å². The highest BCUT2D eigenvalue weighted by molar-refractivity contribution is 5.98. The highest BCUT2D eigenvalue weighted by Gasteiger charge is 2.45. The summed E-state index contributed by atoms with van der Waals surface area (Å²) in [5, 5.41) is 0. The van der Waals surface area contributed by atoms with E-state index in [1.165, 1.54) is 6.07 Å². The Hall–Kier alpha value is -2.80. The van der Waals surface area contributed by atoms with Gasteiger partial charge in [-0.05, 0) is 30.5 Å². The second-order valence-corrected chi connectivity index (χ2v) is 7.42. The minimum Gasteiger partial charge on any atom is -0.445 e. The highest BCUT2D eigenvalue weighted by Crippen LogP contribution is 2.35. The summed E-state index contributed by atoms with van der Waals surface area (Å²) < 4.78 is 39.1. The molecule has 2 saturated heterocycles. The standard InChI is InChI=1S/C22H21F2NO4/c23-18-7-4-8-19(24)20(18)21(26)15-9-16-12-28-13-17(10-15)25(16)22(27)29-11-14-5-2-1-3-6-14/h1-8,15-17H,9-13H2. The number of piperidine rings is 1. The number of halogens is 2. The Bertz CT molecular complexity index is 871. The quantitative estimate of drug-likeness (QED) is 0.728. The van der Waals surface area contributed by atoms with E-state index in [0.29, 0.717) is 0 Å². The van der Waals surface area contributed by atoms with Crippen LogP contribution in [0, 0.1) is 17.6 Å². The van der Waals surface area contributed by atoms with E-state index in [-0.39, 0.29) is 44.7 Å². The van der Waals surface area contributed by atoms with Crippen LogP contribution in [-0.4, -0.2) is 42.1 Å². The van der Waals surface area contributed by atoms with Crippen molar-refractivity contribution in [1.82, 2.24) is 4.90 Å². The summed E-state index contributed by atoms with van der Waals surface area (Å²) in [5.41, 5.74) is 0.374. The van der Waals surface area contributed by atoms with Gasteiger partial charge in [0.15, 0.2) is 5.78 Å². The molecule has 2 bridgehead atoms. The van der Waals surface area contributed by atoms with Crippen molar-refractivity contribution in [2.24, 2.45) is 5.92 Å². The number of hydrogen-bond donors (Lipinski definition) is 0. The molecule has 2 heterocycles. The van der Waals surface area contributed by atoms with E-state index in [0.717, 1.165) is 17.7 Å². The number of hydrogen-bond acceptors (Lipinski definition) is 4. The van der Waals surface area contributed by atoms with Crippen molar-refractivity contribution in [3.63, 3.8) is 0 Å². The van der Waals surface area contributed by atoms with E-state index in [4.69, 9.17) is 9.47 Å². The van der Waals surface area contributed by atoms with Crippen molar-refractivity contribution in [1.29, 1.82) is 0 Å². The zero-order chi connectivity index (χ0) is 20.4. The van der Waals surface area contributed by atoms with Crippen molar-refractivity contribution >= 4 is 11.9 Å². The first-order valence-electron chi connectivity index (χ1n) is 9.59. The zero-order valence-electron chi connectivity index (χ0n) is 15.7. The van der Waals surface area contributed by atoms with Crippen LogP contribution in [0.5, 0.6) is 0 Å². The molecule has 4 rings (SSSR count). The number of morpholine rings is 1. The molecule has 0 radical (unpaired) electrons. The topological polar surface area (TPSA) is 55.8 Å². The number of nitrogens with zero attached hydrogens (tertiary/aromatic N) is 1. The average Bonchev–Trinajstić information content (AvgIpc) is 2.71. The van der Waals surface area contributed by atoms with Crippen molar-refractivity contribution in [2.75, 3.05) is 13.2 Å². The third-order valence-electron chi connectivity index (χ3n) is 5.52. The molecule has 152 valence electrons. The van der Waals surface area contributed by atoms with Crippen molar-refractivity contribution in [2.45, 2.75) is 31.5 Å². The lowest BCUT2D eigenvalue weighted by Gasteiger charge is -2.47. The number of rotatable bonds is 4. The van der Waals surface area contributed by atoms with Crippen LogP contribution in [0.3, 0.4) is 0 Å². The van der Waals surface area contributed by atoms with E-state index in [1.54, 1.807) is 4.90 Å². The van der Waals surface area contributed by atoms with Gasteiger partial charge in [0.1, 0.15) is 18.2 Å². The summed E-state index contributed by atoms with van der Waals surface area (Å²) in [4.78, 5) is 27.1.